The Bertz CT molecular complexity index is 390. The van der Waals surface area contributed by atoms with Crippen molar-refractivity contribution in [1.29, 1.82) is 0 Å². The molecule has 0 aliphatic carbocycles. The molecule has 0 bridgehead atoms. The number of hydrogen-bond acceptors (Lipinski definition) is 4. The van der Waals surface area contributed by atoms with Gasteiger partial charge >= 0.3 is 0 Å². The quantitative estimate of drug-likeness (QED) is 0.860. The van der Waals surface area contributed by atoms with Gasteiger partial charge in [0.15, 0.2) is 0 Å². The van der Waals surface area contributed by atoms with Crippen LogP contribution in [0.4, 0.5) is 0 Å². The predicted molar refractivity (Wildman–Crippen MR) is 76.6 cm³/mol. The number of ether oxygens (including phenoxy) is 2. The number of benzene rings is 1. The number of methoxy groups -OCH3 is 2. The highest BCUT2D eigenvalue weighted by atomic mass is 16.5. The van der Waals surface area contributed by atoms with Gasteiger partial charge < -0.3 is 20.3 Å². The van der Waals surface area contributed by atoms with E-state index in [0.717, 1.165) is 5.56 Å². The van der Waals surface area contributed by atoms with Gasteiger partial charge in [-0.3, -0.25) is 0 Å². The van der Waals surface area contributed by atoms with Gasteiger partial charge in [-0.2, -0.15) is 0 Å². The van der Waals surface area contributed by atoms with Crippen LogP contribution in [-0.4, -0.2) is 25.4 Å². The van der Waals surface area contributed by atoms with Crippen molar-refractivity contribution in [1.82, 2.24) is 0 Å². The van der Waals surface area contributed by atoms with Crippen molar-refractivity contribution in [2.24, 2.45) is 11.1 Å². The second-order valence-corrected chi connectivity index (χ2v) is 5.87. The van der Waals surface area contributed by atoms with Crippen LogP contribution in [0.15, 0.2) is 18.2 Å². The van der Waals surface area contributed by atoms with Crippen LogP contribution in [0.5, 0.6) is 11.5 Å². The summed E-state index contributed by atoms with van der Waals surface area (Å²) >= 11 is 0. The zero-order valence-electron chi connectivity index (χ0n) is 12.4. The van der Waals surface area contributed by atoms with Crippen molar-refractivity contribution in [3.05, 3.63) is 23.8 Å². The van der Waals surface area contributed by atoms with E-state index < -0.39 is 6.10 Å². The van der Waals surface area contributed by atoms with E-state index in [9.17, 15) is 5.11 Å². The van der Waals surface area contributed by atoms with Crippen LogP contribution >= 0.6 is 0 Å². The number of aliphatic hydroxyl groups excluding tert-OH is 1. The Morgan fingerprint density at radius 2 is 1.58 bits per heavy atom. The summed E-state index contributed by atoms with van der Waals surface area (Å²) in [5, 5.41) is 10.3. The van der Waals surface area contributed by atoms with Crippen LogP contribution in [-0.2, 0) is 0 Å². The topological polar surface area (TPSA) is 64.7 Å². The summed E-state index contributed by atoms with van der Waals surface area (Å²) in [7, 11) is 3.18. The van der Waals surface area contributed by atoms with Gasteiger partial charge in [0.05, 0.1) is 20.3 Å². The lowest BCUT2D eigenvalue weighted by molar-refractivity contribution is 0.133. The van der Waals surface area contributed by atoms with Crippen LogP contribution in [0.2, 0.25) is 0 Å². The molecule has 0 saturated carbocycles. The molecule has 0 amide bonds. The third kappa shape index (κ3) is 4.40. The molecule has 2 atom stereocenters. The smallest absolute Gasteiger partial charge is 0.122 e. The lowest BCUT2D eigenvalue weighted by atomic mass is 9.83. The minimum absolute atomic E-state index is 0.0378. The van der Waals surface area contributed by atoms with Crippen molar-refractivity contribution in [3.63, 3.8) is 0 Å². The number of aliphatic hydroxyl groups is 1. The molecule has 108 valence electrons. The molecule has 0 radical (unpaired) electrons. The van der Waals surface area contributed by atoms with Gasteiger partial charge in [-0.15, -0.1) is 0 Å². The standard InChI is InChI=1S/C15H25NO3/c1-15(2,3)14(16)9-13(17)10-6-11(18-4)8-12(7-10)19-5/h6-8,13-14,17H,9,16H2,1-5H3/t13-,14+/m1/s1. The van der Waals surface area contributed by atoms with Gasteiger partial charge in [-0.05, 0) is 29.5 Å². The maximum absolute atomic E-state index is 10.3. The Morgan fingerprint density at radius 1 is 1.11 bits per heavy atom. The van der Waals surface area contributed by atoms with Gasteiger partial charge in [-0.25, -0.2) is 0 Å². The molecule has 0 aliphatic heterocycles. The molecule has 1 aromatic carbocycles. The van der Waals surface area contributed by atoms with Crippen molar-refractivity contribution >= 4 is 0 Å². The second-order valence-electron chi connectivity index (χ2n) is 5.87. The molecule has 0 unspecified atom stereocenters. The minimum Gasteiger partial charge on any atom is -0.497 e. The molecule has 0 spiro atoms. The molecular formula is C15H25NO3. The van der Waals surface area contributed by atoms with E-state index in [1.54, 1.807) is 20.3 Å². The van der Waals surface area contributed by atoms with Gasteiger partial charge in [0.25, 0.3) is 0 Å². The van der Waals surface area contributed by atoms with Crippen molar-refractivity contribution in [2.45, 2.75) is 39.3 Å². The van der Waals surface area contributed by atoms with E-state index in [1.165, 1.54) is 0 Å². The molecule has 3 N–H and O–H groups in total. The Balaban J connectivity index is 2.90. The average Bonchev–Trinajstić information content (AvgIpc) is 2.36. The highest BCUT2D eigenvalue weighted by Crippen LogP contribution is 2.31. The van der Waals surface area contributed by atoms with Gasteiger partial charge in [-0.1, -0.05) is 20.8 Å². The fourth-order valence-corrected chi connectivity index (χ4v) is 1.75. The zero-order valence-corrected chi connectivity index (χ0v) is 12.4. The summed E-state index contributed by atoms with van der Waals surface area (Å²) < 4.78 is 10.4. The maximum Gasteiger partial charge on any atom is 0.122 e. The van der Waals surface area contributed by atoms with Gasteiger partial charge in [0.1, 0.15) is 11.5 Å². The van der Waals surface area contributed by atoms with E-state index in [4.69, 9.17) is 15.2 Å². The third-order valence-electron chi connectivity index (χ3n) is 3.35. The first-order chi connectivity index (χ1) is 8.77. The third-order valence-corrected chi connectivity index (χ3v) is 3.35. The SMILES string of the molecule is COc1cc(OC)cc([C@H](O)C[C@H](N)C(C)(C)C)c1. The number of hydrogen-bond donors (Lipinski definition) is 2. The summed E-state index contributed by atoms with van der Waals surface area (Å²) in [6.07, 6.45) is -0.127. The summed E-state index contributed by atoms with van der Waals surface area (Å²) in [5.74, 6) is 1.33. The summed E-state index contributed by atoms with van der Waals surface area (Å²) in [6, 6.07) is 5.31. The Hall–Kier alpha value is -1.26. The van der Waals surface area contributed by atoms with E-state index in [-0.39, 0.29) is 11.5 Å². The van der Waals surface area contributed by atoms with Crippen LogP contribution < -0.4 is 15.2 Å². The zero-order chi connectivity index (χ0) is 14.6. The predicted octanol–water partition coefficient (Wildman–Crippen LogP) is 2.50. The number of nitrogens with two attached hydrogens (primary N) is 1. The highest BCUT2D eigenvalue weighted by Gasteiger charge is 2.24. The molecule has 0 fully saturated rings. The van der Waals surface area contributed by atoms with Crippen molar-refractivity contribution in [3.8, 4) is 11.5 Å². The fraction of sp³-hybridized carbons (Fsp3) is 0.600. The Morgan fingerprint density at radius 3 is 1.95 bits per heavy atom. The molecule has 4 nitrogen and oxygen atoms in total. The van der Waals surface area contributed by atoms with Crippen molar-refractivity contribution in [2.75, 3.05) is 14.2 Å². The fourth-order valence-electron chi connectivity index (χ4n) is 1.75. The molecular weight excluding hydrogens is 242 g/mol. The van der Waals surface area contributed by atoms with E-state index in [2.05, 4.69) is 20.8 Å². The molecule has 0 saturated heterocycles. The lowest BCUT2D eigenvalue weighted by Crippen LogP contribution is -2.36. The molecule has 1 aromatic rings. The molecule has 4 heteroatoms. The second kappa shape index (κ2) is 6.26. The molecule has 0 aliphatic rings. The first-order valence-corrected chi connectivity index (χ1v) is 6.44. The molecule has 0 aromatic heterocycles. The number of rotatable bonds is 5. The Labute approximate surface area is 115 Å². The van der Waals surface area contributed by atoms with Gasteiger partial charge in [0, 0.05) is 12.1 Å². The maximum atomic E-state index is 10.3. The minimum atomic E-state index is -0.627. The molecule has 19 heavy (non-hydrogen) atoms. The van der Waals surface area contributed by atoms with E-state index >= 15 is 0 Å². The van der Waals surface area contributed by atoms with E-state index in [1.807, 2.05) is 12.1 Å². The van der Waals surface area contributed by atoms with Crippen LogP contribution in [0, 0.1) is 5.41 Å². The first kappa shape index (κ1) is 15.8. The van der Waals surface area contributed by atoms with E-state index in [0.29, 0.717) is 17.9 Å². The van der Waals surface area contributed by atoms with Crippen LogP contribution in [0.3, 0.4) is 0 Å². The normalized spacial score (nSPS) is 14.9. The Kier molecular flexibility index (Phi) is 5.20. The highest BCUT2D eigenvalue weighted by molar-refractivity contribution is 5.39. The average molecular weight is 267 g/mol. The van der Waals surface area contributed by atoms with Crippen LogP contribution in [0.1, 0.15) is 38.9 Å². The summed E-state index contributed by atoms with van der Waals surface area (Å²) in [4.78, 5) is 0. The summed E-state index contributed by atoms with van der Waals surface area (Å²) in [5.41, 5.74) is 6.83. The largest absolute Gasteiger partial charge is 0.497 e. The monoisotopic (exact) mass is 267 g/mol. The molecule has 0 heterocycles. The van der Waals surface area contributed by atoms with Crippen LogP contribution in [0.25, 0.3) is 0 Å². The van der Waals surface area contributed by atoms with Gasteiger partial charge in [0.2, 0.25) is 0 Å². The molecule has 1 rings (SSSR count). The first-order valence-electron chi connectivity index (χ1n) is 6.44. The summed E-state index contributed by atoms with van der Waals surface area (Å²) in [6.45, 7) is 6.20. The van der Waals surface area contributed by atoms with Crippen molar-refractivity contribution < 1.29 is 14.6 Å². The lowest BCUT2D eigenvalue weighted by Gasteiger charge is -2.29.